The molecule has 0 bridgehead atoms. The van der Waals surface area contributed by atoms with Crippen LogP contribution in [-0.2, 0) is 9.53 Å². The highest BCUT2D eigenvalue weighted by molar-refractivity contribution is 6.31. The smallest absolute Gasteiger partial charge is 0.339 e. The fourth-order valence-corrected chi connectivity index (χ4v) is 1.77. The number of ether oxygens (including phenoxy) is 2. The fraction of sp³-hybridized carbons (Fsp3) is 0.0714. The van der Waals surface area contributed by atoms with Crippen LogP contribution in [0.4, 0.5) is 4.39 Å². The van der Waals surface area contributed by atoms with Crippen molar-refractivity contribution in [1.82, 2.24) is 9.97 Å². The summed E-state index contributed by atoms with van der Waals surface area (Å²) < 4.78 is 23.5. The van der Waals surface area contributed by atoms with E-state index in [0.717, 1.165) is 12.6 Å². The van der Waals surface area contributed by atoms with Gasteiger partial charge in [-0.2, -0.15) is 9.37 Å². The molecule has 1 heterocycles. The van der Waals surface area contributed by atoms with Gasteiger partial charge in [0.05, 0.1) is 13.4 Å². The number of para-hydroxylation sites is 1. The van der Waals surface area contributed by atoms with E-state index < -0.39 is 16.9 Å². The highest BCUT2D eigenvalue weighted by Crippen LogP contribution is 2.33. The first-order valence-electron chi connectivity index (χ1n) is 5.94. The molecule has 8 heteroatoms. The topological polar surface area (TPSA) is 81.5 Å². The van der Waals surface area contributed by atoms with E-state index in [2.05, 4.69) is 9.97 Å². The van der Waals surface area contributed by atoms with Crippen molar-refractivity contribution in [1.29, 1.82) is 0 Å². The number of carboxylic acid groups (broad SMARTS) is 1. The van der Waals surface area contributed by atoms with E-state index in [0.29, 0.717) is 0 Å². The van der Waals surface area contributed by atoms with Gasteiger partial charge >= 0.3 is 5.97 Å². The lowest BCUT2D eigenvalue weighted by molar-refractivity contribution is -0.130. The number of aromatic nitrogens is 2. The molecule has 1 aromatic carbocycles. The number of halogens is 2. The summed E-state index contributed by atoms with van der Waals surface area (Å²) in [6, 6.07) is 6.26. The minimum atomic E-state index is -1.21. The monoisotopic (exact) mass is 324 g/mol. The van der Waals surface area contributed by atoms with E-state index in [4.69, 9.17) is 21.1 Å². The molecule has 114 valence electrons. The molecule has 0 aliphatic carbocycles. The van der Waals surface area contributed by atoms with E-state index in [1.165, 1.54) is 19.2 Å². The summed E-state index contributed by atoms with van der Waals surface area (Å²) in [5.41, 5.74) is 0.0932. The maximum absolute atomic E-state index is 13.3. The molecule has 0 amide bonds. The van der Waals surface area contributed by atoms with Gasteiger partial charge in [-0.1, -0.05) is 29.8 Å². The van der Waals surface area contributed by atoms with E-state index in [-0.39, 0.29) is 22.8 Å². The van der Waals surface area contributed by atoms with Gasteiger partial charge in [-0.3, -0.25) is 0 Å². The Kier molecular flexibility index (Phi) is 4.90. The lowest BCUT2D eigenvalue weighted by Gasteiger charge is -2.11. The van der Waals surface area contributed by atoms with Crippen molar-refractivity contribution in [3.05, 3.63) is 53.4 Å². The molecule has 0 aliphatic rings. The molecule has 2 rings (SSSR count). The van der Waals surface area contributed by atoms with Gasteiger partial charge in [-0.25, -0.2) is 9.78 Å². The highest BCUT2D eigenvalue weighted by Gasteiger charge is 2.18. The number of hydrogen-bond acceptors (Lipinski definition) is 5. The standard InChI is InChI=1S/C14H10ClFN2O4/c1-21-6-9(14(19)20)8-4-2-3-5-10(8)22-13-11(15)12(16)17-7-18-13/h2-7H,1H3,(H,19,20)/b9-6-. The molecular formula is C14H10ClFN2O4. The van der Waals surface area contributed by atoms with Gasteiger partial charge in [0.1, 0.15) is 17.6 Å². The summed E-state index contributed by atoms with van der Waals surface area (Å²) in [6.07, 6.45) is 2.01. The number of hydrogen-bond donors (Lipinski definition) is 1. The molecule has 22 heavy (non-hydrogen) atoms. The molecule has 2 aromatic rings. The summed E-state index contributed by atoms with van der Waals surface area (Å²) in [4.78, 5) is 18.3. The van der Waals surface area contributed by atoms with E-state index >= 15 is 0 Å². The Morgan fingerprint density at radius 1 is 1.36 bits per heavy atom. The zero-order valence-electron chi connectivity index (χ0n) is 11.3. The molecule has 0 radical (unpaired) electrons. The SMILES string of the molecule is CO/C=C(\C(=O)O)c1ccccc1Oc1ncnc(F)c1Cl. The summed E-state index contributed by atoms with van der Waals surface area (Å²) in [6.45, 7) is 0. The second-order valence-corrected chi connectivity index (χ2v) is 4.33. The first kappa shape index (κ1) is 15.7. The quantitative estimate of drug-likeness (QED) is 0.517. The first-order valence-corrected chi connectivity index (χ1v) is 6.32. The van der Waals surface area contributed by atoms with Crippen LogP contribution in [0.1, 0.15) is 5.56 Å². The number of carboxylic acids is 1. The number of carbonyl (C=O) groups is 1. The highest BCUT2D eigenvalue weighted by atomic mass is 35.5. The predicted octanol–water partition coefficient (Wildman–Crippen LogP) is 3.13. The maximum atomic E-state index is 13.3. The second-order valence-electron chi connectivity index (χ2n) is 3.95. The van der Waals surface area contributed by atoms with Crippen LogP contribution in [0.2, 0.25) is 5.02 Å². The summed E-state index contributed by atoms with van der Waals surface area (Å²) in [7, 11) is 1.32. The van der Waals surface area contributed by atoms with Gasteiger partial charge in [-0.05, 0) is 6.07 Å². The van der Waals surface area contributed by atoms with Crippen LogP contribution in [-0.4, -0.2) is 28.2 Å². The first-order chi connectivity index (χ1) is 10.5. The summed E-state index contributed by atoms with van der Waals surface area (Å²) >= 11 is 5.72. The number of aliphatic carboxylic acids is 1. The lowest BCUT2D eigenvalue weighted by Crippen LogP contribution is -2.03. The lowest BCUT2D eigenvalue weighted by atomic mass is 10.1. The van der Waals surface area contributed by atoms with Crippen LogP contribution in [0.3, 0.4) is 0 Å². The molecule has 0 saturated heterocycles. The molecule has 0 atom stereocenters. The van der Waals surface area contributed by atoms with Crippen molar-refractivity contribution in [2.75, 3.05) is 7.11 Å². The van der Waals surface area contributed by atoms with Crippen molar-refractivity contribution in [3.8, 4) is 11.6 Å². The zero-order valence-corrected chi connectivity index (χ0v) is 12.0. The number of methoxy groups -OCH3 is 1. The van der Waals surface area contributed by atoms with Gasteiger partial charge in [-0.15, -0.1) is 0 Å². The Morgan fingerprint density at radius 2 is 2.09 bits per heavy atom. The van der Waals surface area contributed by atoms with E-state index in [1.807, 2.05) is 0 Å². The minimum Gasteiger partial charge on any atom is -0.503 e. The van der Waals surface area contributed by atoms with Gasteiger partial charge in [0.25, 0.3) is 0 Å². The van der Waals surface area contributed by atoms with Gasteiger partial charge < -0.3 is 14.6 Å². The molecule has 0 fully saturated rings. The maximum Gasteiger partial charge on any atom is 0.339 e. The molecule has 0 saturated carbocycles. The largest absolute Gasteiger partial charge is 0.503 e. The molecule has 0 unspecified atom stereocenters. The molecule has 0 spiro atoms. The number of rotatable bonds is 5. The van der Waals surface area contributed by atoms with E-state index in [9.17, 15) is 14.3 Å². The Morgan fingerprint density at radius 3 is 2.77 bits per heavy atom. The second kappa shape index (κ2) is 6.86. The summed E-state index contributed by atoms with van der Waals surface area (Å²) in [5.74, 6) is -2.23. The van der Waals surface area contributed by atoms with Crippen molar-refractivity contribution >= 4 is 23.1 Å². The van der Waals surface area contributed by atoms with Gasteiger partial charge in [0.15, 0.2) is 5.02 Å². The molecule has 0 aliphatic heterocycles. The van der Waals surface area contributed by atoms with Crippen molar-refractivity contribution in [2.45, 2.75) is 0 Å². The number of benzene rings is 1. The third kappa shape index (κ3) is 3.32. The molecule has 1 aromatic heterocycles. The van der Waals surface area contributed by atoms with Crippen LogP contribution < -0.4 is 4.74 Å². The van der Waals surface area contributed by atoms with Crippen LogP contribution >= 0.6 is 11.6 Å². The van der Waals surface area contributed by atoms with Crippen LogP contribution in [0, 0.1) is 5.95 Å². The van der Waals surface area contributed by atoms with Crippen LogP contribution in [0.15, 0.2) is 36.9 Å². The average molecular weight is 325 g/mol. The van der Waals surface area contributed by atoms with Gasteiger partial charge in [0, 0.05) is 5.56 Å². The number of nitrogens with zero attached hydrogens (tertiary/aromatic N) is 2. The zero-order chi connectivity index (χ0) is 16.1. The van der Waals surface area contributed by atoms with Crippen molar-refractivity contribution in [2.24, 2.45) is 0 Å². The molecular weight excluding hydrogens is 315 g/mol. The van der Waals surface area contributed by atoms with Crippen molar-refractivity contribution < 1.29 is 23.8 Å². The summed E-state index contributed by atoms with van der Waals surface area (Å²) in [5, 5.41) is 8.83. The third-order valence-electron chi connectivity index (χ3n) is 2.56. The average Bonchev–Trinajstić information content (AvgIpc) is 2.50. The Labute approximate surface area is 129 Å². The molecule has 6 nitrogen and oxygen atoms in total. The minimum absolute atomic E-state index is 0.133. The van der Waals surface area contributed by atoms with Gasteiger partial charge in [0.2, 0.25) is 11.8 Å². The predicted molar refractivity (Wildman–Crippen MR) is 76.1 cm³/mol. The normalized spacial score (nSPS) is 11.1. The third-order valence-corrected chi connectivity index (χ3v) is 2.88. The Balaban J connectivity index is 2.47. The van der Waals surface area contributed by atoms with Crippen LogP contribution in [0.5, 0.6) is 11.6 Å². The molecule has 1 N–H and O–H groups in total. The van der Waals surface area contributed by atoms with Crippen LogP contribution in [0.25, 0.3) is 5.57 Å². The Hall–Kier alpha value is -2.67. The van der Waals surface area contributed by atoms with Crippen molar-refractivity contribution in [3.63, 3.8) is 0 Å². The van der Waals surface area contributed by atoms with E-state index in [1.54, 1.807) is 12.1 Å². The Bertz CT molecular complexity index is 737. The fourth-order valence-electron chi connectivity index (χ4n) is 1.63.